The number of hydrogen-bond donors (Lipinski definition) is 1. The van der Waals surface area contributed by atoms with E-state index in [9.17, 15) is 9.59 Å². The van der Waals surface area contributed by atoms with Gasteiger partial charge in [0.05, 0.1) is 12.0 Å². The van der Waals surface area contributed by atoms with E-state index < -0.39 is 5.97 Å². The molecule has 0 radical (unpaired) electrons. The molecule has 0 saturated carbocycles. The third-order valence-corrected chi connectivity index (χ3v) is 4.50. The van der Waals surface area contributed by atoms with Crippen LogP contribution in [0.3, 0.4) is 0 Å². The Bertz CT molecular complexity index is 1080. The lowest BCUT2D eigenvalue weighted by atomic mass is 10.1. The molecule has 3 rings (SSSR count). The van der Waals surface area contributed by atoms with Crippen molar-refractivity contribution >= 4 is 16.9 Å². The highest BCUT2D eigenvalue weighted by molar-refractivity contribution is 5.79. The van der Waals surface area contributed by atoms with E-state index in [4.69, 9.17) is 19.0 Å². The number of ether oxygens (including phenoxy) is 2. The minimum atomic E-state index is -0.861. The van der Waals surface area contributed by atoms with E-state index in [1.165, 1.54) is 6.26 Å². The Morgan fingerprint density at radius 1 is 1.11 bits per heavy atom. The summed E-state index contributed by atoms with van der Waals surface area (Å²) in [6, 6.07) is 8.84. The quantitative estimate of drug-likeness (QED) is 0.593. The molecule has 0 bridgehead atoms. The largest absolute Gasteiger partial charge is 0.493 e. The van der Waals surface area contributed by atoms with E-state index in [1.54, 1.807) is 18.2 Å². The van der Waals surface area contributed by atoms with E-state index in [-0.39, 0.29) is 24.2 Å². The van der Waals surface area contributed by atoms with Gasteiger partial charge in [0.15, 0.2) is 0 Å². The van der Waals surface area contributed by atoms with Gasteiger partial charge < -0.3 is 19.0 Å². The summed E-state index contributed by atoms with van der Waals surface area (Å²) in [6.45, 7) is 6.19. The van der Waals surface area contributed by atoms with Crippen LogP contribution in [0, 0.1) is 20.8 Å². The van der Waals surface area contributed by atoms with Crippen molar-refractivity contribution in [1.29, 1.82) is 0 Å². The third kappa shape index (κ3) is 4.34. The highest BCUT2D eigenvalue weighted by atomic mass is 16.5. The Morgan fingerprint density at radius 2 is 1.89 bits per heavy atom. The fraction of sp³-hybridized carbons (Fsp3) is 0.273. The molecule has 0 aliphatic carbocycles. The van der Waals surface area contributed by atoms with Crippen LogP contribution < -0.4 is 14.9 Å². The Morgan fingerprint density at radius 3 is 2.64 bits per heavy atom. The van der Waals surface area contributed by atoms with Crippen LogP contribution >= 0.6 is 0 Å². The Labute approximate surface area is 162 Å². The summed E-state index contributed by atoms with van der Waals surface area (Å²) in [7, 11) is 0. The number of aliphatic carboxylic acids is 1. The van der Waals surface area contributed by atoms with Crippen LogP contribution in [0.2, 0.25) is 0 Å². The molecule has 1 N–H and O–H groups in total. The fourth-order valence-corrected chi connectivity index (χ4v) is 2.89. The average molecular weight is 382 g/mol. The minimum Gasteiger partial charge on any atom is -0.493 e. The molecular weight excluding hydrogens is 360 g/mol. The molecule has 0 aliphatic rings. The van der Waals surface area contributed by atoms with E-state index >= 15 is 0 Å². The second kappa shape index (κ2) is 8.17. The Kier molecular flexibility index (Phi) is 5.68. The highest BCUT2D eigenvalue weighted by Gasteiger charge is 2.12. The van der Waals surface area contributed by atoms with Gasteiger partial charge in [-0.2, -0.15) is 0 Å². The molecule has 0 aliphatic heterocycles. The number of fused-ring (bicyclic) bond motifs is 1. The van der Waals surface area contributed by atoms with Crippen LogP contribution in [0.1, 0.15) is 29.5 Å². The van der Waals surface area contributed by atoms with Gasteiger partial charge in [-0.3, -0.25) is 9.59 Å². The molecular formula is C22H22O6. The maximum absolute atomic E-state index is 12.8. The van der Waals surface area contributed by atoms with Gasteiger partial charge in [-0.25, -0.2) is 0 Å². The zero-order valence-corrected chi connectivity index (χ0v) is 16.1. The predicted molar refractivity (Wildman–Crippen MR) is 106 cm³/mol. The Balaban J connectivity index is 1.83. The number of carboxylic acids is 1. The zero-order valence-electron chi connectivity index (χ0n) is 16.1. The predicted octanol–water partition coefficient (Wildman–Crippen LogP) is 4.75. The first kappa shape index (κ1) is 19.5. The standard InChI is InChI=1S/C22H22O6/c1-13-9-14(2)15(3)18(10-13)28-20-12-27-19-11-16(6-7-17(19)22(20)25)26-8-4-5-21(23)24/h6-7,9-12H,4-5,8H2,1-3H3,(H,23,24). The summed E-state index contributed by atoms with van der Waals surface area (Å²) in [5.74, 6) is 0.401. The van der Waals surface area contributed by atoms with Crippen LogP contribution in [0.25, 0.3) is 11.0 Å². The van der Waals surface area contributed by atoms with Gasteiger partial charge in [0.2, 0.25) is 11.2 Å². The third-order valence-electron chi connectivity index (χ3n) is 4.50. The smallest absolute Gasteiger partial charge is 0.303 e. The second-order valence-electron chi connectivity index (χ2n) is 6.74. The fourth-order valence-electron chi connectivity index (χ4n) is 2.89. The molecule has 6 heteroatoms. The normalized spacial score (nSPS) is 10.8. The van der Waals surface area contributed by atoms with Crippen LogP contribution in [0.5, 0.6) is 17.2 Å². The zero-order chi connectivity index (χ0) is 20.3. The first-order chi connectivity index (χ1) is 13.3. The van der Waals surface area contributed by atoms with Crippen molar-refractivity contribution in [1.82, 2.24) is 0 Å². The summed E-state index contributed by atoms with van der Waals surface area (Å²) in [5, 5.41) is 9.03. The monoisotopic (exact) mass is 382 g/mol. The van der Waals surface area contributed by atoms with Gasteiger partial charge in [-0.05, 0) is 62.1 Å². The highest BCUT2D eigenvalue weighted by Crippen LogP contribution is 2.28. The maximum atomic E-state index is 12.8. The van der Waals surface area contributed by atoms with Crippen molar-refractivity contribution in [2.45, 2.75) is 33.6 Å². The molecule has 0 amide bonds. The average Bonchev–Trinajstić information content (AvgIpc) is 2.65. The molecule has 28 heavy (non-hydrogen) atoms. The van der Waals surface area contributed by atoms with Crippen molar-refractivity contribution in [2.75, 3.05) is 6.61 Å². The summed E-state index contributed by atoms with van der Waals surface area (Å²) < 4.78 is 16.9. The number of rotatable bonds is 7. The van der Waals surface area contributed by atoms with Crippen molar-refractivity contribution in [2.24, 2.45) is 0 Å². The van der Waals surface area contributed by atoms with Crippen LogP contribution in [-0.4, -0.2) is 17.7 Å². The summed E-state index contributed by atoms with van der Waals surface area (Å²) in [6.07, 6.45) is 1.75. The first-order valence-electron chi connectivity index (χ1n) is 9.01. The molecule has 0 atom stereocenters. The van der Waals surface area contributed by atoms with Crippen LogP contribution in [-0.2, 0) is 4.79 Å². The molecule has 0 spiro atoms. The van der Waals surface area contributed by atoms with Crippen molar-refractivity contribution in [3.63, 3.8) is 0 Å². The molecule has 1 aromatic heterocycles. The molecule has 1 heterocycles. The van der Waals surface area contributed by atoms with Crippen molar-refractivity contribution in [3.05, 3.63) is 63.5 Å². The van der Waals surface area contributed by atoms with Gasteiger partial charge in [0.1, 0.15) is 23.3 Å². The number of hydrogen-bond acceptors (Lipinski definition) is 5. The molecule has 0 saturated heterocycles. The number of carboxylic acid groups (broad SMARTS) is 1. The van der Waals surface area contributed by atoms with Crippen LogP contribution in [0.4, 0.5) is 0 Å². The van der Waals surface area contributed by atoms with Gasteiger partial charge in [0.25, 0.3) is 0 Å². The lowest BCUT2D eigenvalue weighted by Gasteiger charge is -2.12. The second-order valence-corrected chi connectivity index (χ2v) is 6.74. The lowest BCUT2D eigenvalue weighted by molar-refractivity contribution is -0.137. The lowest BCUT2D eigenvalue weighted by Crippen LogP contribution is -2.06. The molecule has 2 aromatic carbocycles. The molecule has 0 fully saturated rings. The van der Waals surface area contributed by atoms with Crippen LogP contribution in [0.15, 0.2) is 45.8 Å². The van der Waals surface area contributed by atoms with E-state index in [0.29, 0.717) is 28.9 Å². The van der Waals surface area contributed by atoms with E-state index in [2.05, 4.69) is 6.07 Å². The molecule has 146 valence electrons. The topological polar surface area (TPSA) is 86.0 Å². The number of benzene rings is 2. The summed E-state index contributed by atoms with van der Waals surface area (Å²) in [4.78, 5) is 23.3. The summed E-state index contributed by atoms with van der Waals surface area (Å²) >= 11 is 0. The molecule has 6 nitrogen and oxygen atoms in total. The van der Waals surface area contributed by atoms with Gasteiger partial charge in [0, 0.05) is 12.5 Å². The minimum absolute atomic E-state index is 0.0429. The van der Waals surface area contributed by atoms with E-state index in [1.807, 2.05) is 26.8 Å². The van der Waals surface area contributed by atoms with E-state index in [0.717, 1.165) is 16.7 Å². The van der Waals surface area contributed by atoms with Crippen molar-refractivity contribution in [3.8, 4) is 17.2 Å². The number of aryl methyl sites for hydroxylation is 2. The van der Waals surface area contributed by atoms with Crippen molar-refractivity contribution < 1.29 is 23.8 Å². The number of carbonyl (C=O) groups is 1. The van der Waals surface area contributed by atoms with Gasteiger partial charge in [-0.1, -0.05) is 6.07 Å². The Hall–Kier alpha value is -3.28. The van der Waals surface area contributed by atoms with Gasteiger partial charge in [-0.15, -0.1) is 0 Å². The summed E-state index contributed by atoms with van der Waals surface area (Å²) in [5.41, 5.74) is 3.22. The first-order valence-corrected chi connectivity index (χ1v) is 9.01. The molecule has 3 aromatic rings. The maximum Gasteiger partial charge on any atom is 0.303 e. The molecule has 0 unspecified atom stereocenters. The SMILES string of the molecule is Cc1cc(C)c(C)c(Oc2coc3cc(OCCCC(=O)O)ccc3c2=O)c1. The van der Waals surface area contributed by atoms with Gasteiger partial charge >= 0.3 is 5.97 Å².